The van der Waals surface area contributed by atoms with Crippen LogP contribution in [0.1, 0.15) is 56.5 Å². The predicted octanol–water partition coefficient (Wildman–Crippen LogP) is 12.5. The summed E-state index contributed by atoms with van der Waals surface area (Å²) < 4.78 is 0. The molecule has 52 heavy (non-hydrogen) atoms. The number of rotatable bonds is 10. The van der Waals surface area contributed by atoms with Crippen LogP contribution >= 0.6 is 0 Å². The largest absolute Gasteiger partial charge is 0.306 e. The summed E-state index contributed by atoms with van der Waals surface area (Å²) in [6.45, 7) is 12.5. The van der Waals surface area contributed by atoms with E-state index in [1.807, 2.05) is 63.6 Å². The van der Waals surface area contributed by atoms with Gasteiger partial charge in [-0.15, -0.1) is 0 Å². The summed E-state index contributed by atoms with van der Waals surface area (Å²) in [7, 11) is 0. The van der Waals surface area contributed by atoms with Crippen molar-refractivity contribution in [1.82, 2.24) is 15.3 Å². The van der Waals surface area contributed by atoms with Crippen molar-refractivity contribution in [3.8, 4) is 44.5 Å². The minimum atomic E-state index is 0.170. The normalized spacial score (nSPS) is 11.5. The minimum absolute atomic E-state index is 0.170. The molecule has 0 bridgehead atoms. The molecular formula is C48H48N4. The first kappa shape index (κ1) is 37.3. The van der Waals surface area contributed by atoms with Gasteiger partial charge in [0.1, 0.15) is 0 Å². The lowest BCUT2D eigenvalue weighted by Crippen LogP contribution is -2.18. The minimum Gasteiger partial charge on any atom is -0.306 e. The second-order valence-electron chi connectivity index (χ2n) is 12.3. The molecule has 5 aromatic carbocycles. The van der Waals surface area contributed by atoms with Crippen molar-refractivity contribution in [2.45, 2.75) is 46.3 Å². The lowest BCUT2D eigenvalue weighted by Gasteiger charge is -2.18. The Hall–Kier alpha value is -5.97. The molecule has 2 unspecified atom stereocenters. The van der Waals surface area contributed by atoms with Gasteiger partial charge in [0, 0.05) is 37.4 Å². The zero-order valence-corrected chi connectivity index (χ0v) is 30.7. The maximum Gasteiger partial charge on any atom is 0.0713 e. The molecule has 7 rings (SSSR count). The highest BCUT2D eigenvalue weighted by Crippen LogP contribution is 2.32. The van der Waals surface area contributed by atoms with Gasteiger partial charge in [0.25, 0.3) is 0 Å². The zero-order chi connectivity index (χ0) is 36.5. The van der Waals surface area contributed by atoms with Gasteiger partial charge >= 0.3 is 0 Å². The van der Waals surface area contributed by atoms with Crippen LogP contribution in [-0.4, -0.2) is 16.7 Å². The van der Waals surface area contributed by atoms with Crippen molar-refractivity contribution in [3.63, 3.8) is 0 Å². The van der Waals surface area contributed by atoms with E-state index in [1.165, 1.54) is 44.5 Å². The second-order valence-corrected chi connectivity index (χ2v) is 12.3. The van der Waals surface area contributed by atoms with Crippen LogP contribution in [0, 0.1) is 0 Å². The number of hydrogen-bond acceptors (Lipinski definition) is 4. The number of pyridine rings is 2. The Kier molecular flexibility index (Phi) is 13.9. The molecule has 0 saturated heterocycles. The Morgan fingerprint density at radius 1 is 0.500 bits per heavy atom. The molecule has 0 spiro atoms. The first-order chi connectivity index (χ1) is 25.6. The predicted molar refractivity (Wildman–Crippen MR) is 221 cm³/mol. The lowest BCUT2D eigenvalue weighted by atomic mass is 9.93. The average molecular weight is 681 g/mol. The molecule has 2 atom stereocenters. The molecule has 0 amide bonds. The third kappa shape index (κ3) is 10.3. The summed E-state index contributed by atoms with van der Waals surface area (Å²) in [6.07, 6.45) is 7.41. The van der Waals surface area contributed by atoms with Gasteiger partial charge in [-0.05, 0) is 118 Å². The van der Waals surface area contributed by atoms with E-state index in [2.05, 4.69) is 161 Å². The highest BCUT2D eigenvalue weighted by Gasteiger charge is 2.12. The van der Waals surface area contributed by atoms with Gasteiger partial charge < -0.3 is 5.32 Å². The molecule has 0 radical (unpaired) electrons. The van der Waals surface area contributed by atoms with Crippen molar-refractivity contribution >= 4 is 6.72 Å². The van der Waals surface area contributed by atoms with Crippen molar-refractivity contribution in [2.24, 2.45) is 4.99 Å². The maximum absolute atomic E-state index is 4.26. The summed E-state index contributed by atoms with van der Waals surface area (Å²) in [6, 6.07) is 53.7. The molecule has 260 valence electrons. The van der Waals surface area contributed by atoms with E-state index in [4.69, 9.17) is 0 Å². The zero-order valence-electron chi connectivity index (χ0n) is 30.7. The fourth-order valence-electron chi connectivity index (χ4n) is 5.84. The van der Waals surface area contributed by atoms with Gasteiger partial charge in [0.15, 0.2) is 0 Å². The molecule has 0 fully saturated rings. The van der Waals surface area contributed by atoms with E-state index >= 15 is 0 Å². The van der Waals surface area contributed by atoms with Crippen molar-refractivity contribution in [1.29, 1.82) is 0 Å². The SMILES string of the molecule is C=NC(C)c1ccccc1.CC.CC(NCc1ccc(-c2ccccc2)cc1)c1cc(-c2ccncc2)cc(-c2ccc(-c3cccnc3)cc2)c1. The van der Waals surface area contributed by atoms with Gasteiger partial charge in [-0.2, -0.15) is 0 Å². The molecule has 7 aromatic rings. The van der Waals surface area contributed by atoms with E-state index in [0.29, 0.717) is 0 Å². The quantitative estimate of drug-likeness (QED) is 0.146. The lowest BCUT2D eigenvalue weighted by molar-refractivity contribution is 0.575. The number of benzene rings is 5. The number of aromatic nitrogens is 2. The summed E-state index contributed by atoms with van der Waals surface area (Å²) in [5.74, 6) is 0. The topological polar surface area (TPSA) is 50.2 Å². The summed E-state index contributed by atoms with van der Waals surface area (Å²) in [5.41, 5.74) is 13.2. The molecule has 1 N–H and O–H groups in total. The molecule has 2 aromatic heterocycles. The Labute approximate surface area is 310 Å². The van der Waals surface area contributed by atoms with E-state index in [-0.39, 0.29) is 12.1 Å². The van der Waals surface area contributed by atoms with Crippen LogP contribution in [0.15, 0.2) is 181 Å². The van der Waals surface area contributed by atoms with E-state index in [0.717, 1.165) is 23.2 Å². The number of aliphatic imine (C=N–C) groups is 1. The van der Waals surface area contributed by atoms with Crippen LogP contribution in [0.5, 0.6) is 0 Å². The van der Waals surface area contributed by atoms with Crippen molar-refractivity contribution in [2.75, 3.05) is 0 Å². The van der Waals surface area contributed by atoms with Gasteiger partial charge in [-0.1, -0.05) is 129 Å². The Bertz CT molecular complexity index is 2060. The number of nitrogens with one attached hydrogen (secondary N) is 1. The second kappa shape index (κ2) is 19.4. The van der Waals surface area contributed by atoms with E-state index in [9.17, 15) is 0 Å². The van der Waals surface area contributed by atoms with E-state index in [1.54, 1.807) is 6.20 Å². The molecule has 0 aliphatic carbocycles. The van der Waals surface area contributed by atoms with Gasteiger partial charge in [-0.3, -0.25) is 15.0 Å². The highest BCUT2D eigenvalue weighted by atomic mass is 14.9. The smallest absolute Gasteiger partial charge is 0.0713 e. The summed E-state index contributed by atoms with van der Waals surface area (Å²) >= 11 is 0. The van der Waals surface area contributed by atoms with Gasteiger partial charge in [-0.25, -0.2) is 0 Å². The van der Waals surface area contributed by atoms with Crippen LogP contribution in [-0.2, 0) is 6.54 Å². The van der Waals surface area contributed by atoms with Gasteiger partial charge in [0.05, 0.1) is 6.04 Å². The first-order valence-corrected chi connectivity index (χ1v) is 18.0. The Balaban J connectivity index is 0.000000374. The third-order valence-electron chi connectivity index (χ3n) is 8.91. The number of hydrogen-bond donors (Lipinski definition) is 1. The summed E-state index contributed by atoms with van der Waals surface area (Å²) in [4.78, 5) is 12.4. The molecular weight excluding hydrogens is 633 g/mol. The fourth-order valence-corrected chi connectivity index (χ4v) is 5.84. The van der Waals surface area contributed by atoms with Crippen LogP contribution in [0.4, 0.5) is 0 Å². The molecule has 0 aliphatic heterocycles. The first-order valence-electron chi connectivity index (χ1n) is 18.0. The van der Waals surface area contributed by atoms with Crippen LogP contribution in [0.25, 0.3) is 44.5 Å². The van der Waals surface area contributed by atoms with Crippen molar-refractivity contribution < 1.29 is 0 Å². The number of nitrogens with zero attached hydrogens (tertiary/aromatic N) is 3. The average Bonchev–Trinajstić information content (AvgIpc) is 3.25. The van der Waals surface area contributed by atoms with Crippen LogP contribution in [0.2, 0.25) is 0 Å². The van der Waals surface area contributed by atoms with E-state index < -0.39 is 0 Å². The van der Waals surface area contributed by atoms with Crippen LogP contribution in [0.3, 0.4) is 0 Å². The highest BCUT2D eigenvalue weighted by molar-refractivity contribution is 5.76. The van der Waals surface area contributed by atoms with Gasteiger partial charge in [0.2, 0.25) is 0 Å². The van der Waals surface area contributed by atoms with Crippen LogP contribution < -0.4 is 5.32 Å². The Morgan fingerprint density at radius 3 is 1.58 bits per heavy atom. The fraction of sp³-hybridized carbons (Fsp3) is 0.146. The standard InChI is InChI=1S/C37H31N3.C9H11N.C2H6/c1-27(40-25-28-9-11-30(12-10-28)29-6-3-2-4-7-29)35-22-36(24-37(23-35)33-17-20-38-21-18-33)32-15-13-31(14-16-32)34-8-5-19-39-26-34;1-8(10-2)9-6-4-3-5-7-9;1-2/h2-24,26-27,40H,25H2,1H3;3-8H,2H2,1H3;1-2H3. The molecule has 4 nitrogen and oxygen atoms in total. The third-order valence-corrected chi connectivity index (χ3v) is 8.91. The Morgan fingerprint density at radius 2 is 1.00 bits per heavy atom. The van der Waals surface area contributed by atoms with Crippen molar-refractivity contribution in [3.05, 3.63) is 193 Å². The maximum atomic E-state index is 4.26. The summed E-state index contributed by atoms with van der Waals surface area (Å²) in [5, 5.41) is 3.74. The molecule has 0 aliphatic rings. The molecule has 2 heterocycles. The molecule has 4 heteroatoms. The monoisotopic (exact) mass is 680 g/mol. The molecule has 0 saturated carbocycles.